The lowest BCUT2D eigenvalue weighted by atomic mass is 9.94. The highest BCUT2D eigenvalue weighted by Crippen LogP contribution is 2.34. The molecule has 2 unspecified atom stereocenters. The van der Waals surface area contributed by atoms with Crippen molar-refractivity contribution in [3.05, 3.63) is 23.8 Å². The van der Waals surface area contributed by atoms with Gasteiger partial charge in [-0.05, 0) is 37.8 Å². The number of rotatable bonds is 2. The molecule has 1 saturated carbocycles. The van der Waals surface area contributed by atoms with Crippen molar-refractivity contribution in [1.82, 2.24) is 4.90 Å². The molecule has 2 fully saturated rings. The maximum Gasteiger partial charge on any atom is 0.254 e. The third-order valence-corrected chi connectivity index (χ3v) is 4.53. The standard InChI is InChI=1S/C16H19NO4/c18-11-7-10(8-12(19)9-11)16(21)17-6-2-4-14(17)13-3-1-5-15(13)20/h7-9,13-14,18-19H,1-6H2. The molecular weight excluding hydrogens is 270 g/mol. The van der Waals surface area contributed by atoms with Gasteiger partial charge in [0.25, 0.3) is 5.91 Å². The van der Waals surface area contributed by atoms with Crippen molar-refractivity contribution in [3.63, 3.8) is 0 Å². The van der Waals surface area contributed by atoms with E-state index in [2.05, 4.69) is 0 Å². The first-order valence-corrected chi connectivity index (χ1v) is 7.43. The first-order chi connectivity index (χ1) is 10.1. The zero-order valence-electron chi connectivity index (χ0n) is 11.8. The molecular formula is C16H19NO4. The van der Waals surface area contributed by atoms with Crippen molar-refractivity contribution >= 4 is 11.7 Å². The lowest BCUT2D eigenvalue weighted by Gasteiger charge is -2.28. The van der Waals surface area contributed by atoms with E-state index in [1.807, 2.05) is 0 Å². The van der Waals surface area contributed by atoms with E-state index in [1.54, 1.807) is 4.90 Å². The molecule has 1 saturated heterocycles. The number of carbonyl (C=O) groups is 2. The molecule has 1 aromatic carbocycles. The monoisotopic (exact) mass is 289 g/mol. The van der Waals surface area contributed by atoms with Crippen molar-refractivity contribution in [2.45, 2.75) is 38.1 Å². The maximum absolute atomic E-state index is 12.6. The second kappa shape index (κ2) is 5.39. The van der Waals surface area contributed by atoms with Crippen molar-refractivity contribution in [3.8, 4) is 11.5 Å². The molecule has 1 amide bonds. The summed E-state index contributed by atoms with van der Waals surface area (Å²) in [7, 11) is 0. The fraction of sp³-hybridized carbons (Fsp3) is 0.500. The summed E-state index contributed by atoms with van der Waals surface area (Å²) >= 11 is 0. The fourth-order valence-electron chi connectivity index (χ4n) is 3.60. The zero-order chi connectivity index (χ0) is 15.0. The van der Waals surface area contributed by atoms with Crippen LogP contribution in [0.15, 0.2) is 18.2 Å². The molecule has 2 aliphatic rings. The molecule has 5 heteroatoms. The van der Waals surface area contributed by atoms with Crippen molar-refractivity contribution in [2.75, 3.05) is 6.54 Å². The van der Waals surface area contributed by atoms with Gasteiger partial charge in [0.15, 0.2) is 0 Å². The van der Waals surface area contributed by atoms with Crippen LogP contribution in [0.25, 0.3) is 0 Å². The smallest absolute Gasteiger partial charge is 0.254 e. The lowest BCUT2D eigenvalue weighted by molar-refractivity contribution is -0.121. The number of benzene rings is 1. The summed E-state index contributed by atoms with van der Waals surface area (Å²) in [5.74, 6) is -0.263. The summed E-state index contributed by atoms with van der Waals surface area (Å²) in [6, 6.07) is 3.87. The van der Waals surface area contributed by atoms with E-state index in [0.29, 0.717) is 13.0 Å². The minimum absolute atomic E-state index is 0.0306. The molecule has 1 aliphatic heterocycles. The Hall–Kier alpha value is -2.04. The number of nitrogens with zero attached hydrogens (tertiary/aromatic N) is 1. The number of likely N-dealkylation sites (tertiary alicyclic amines) is 1. The molecule has 5 nitrogen and oxygen atoms in total. The quantitative estimate of drug-likeness (QED) is 0.873. The Morgan fingerprint density at radius 2 is 1.81 bits per heavy atom. The highest BCUT2D eigenvalue weighted by Gasteiger charge is 2.40. The van der Waals surface area contributed by atoms with Gasteiger partial charge >= 0.3 is 0 Å². The molecule has 0 aromatic heterocycles. The van der Waals surface area contributed by atoms with Crippen LogP contribution < -0.4 is 0 Å². The summed E-state index contributed by atoms with van der Waals surface area (Å²) in [5.41, 5.74) is 0.268. The number of ketones is 1. The van der Waals surface area contributed by atoms with E-state index in [9.17, 15) is 19.8 Å². The number of phenols is 2. The van der Waals surface area contributed by atoms with Gasteiger partial charge in [-0.2, -0.15) is 0 Å². The predicted octanol–water partition coefficient (Wildman–Crippen LogP) is 2.07. The number of phenolic OH excluding ortho intramolecular Hbond substituents is 2. The van der Waals surface area contributed by atoms with Crippen molar-refractivity contribution in [1.29, 1.82) is 0 Å². The molecule has 3 rings (SSSR count). The number of aromatic hydroxyl groups is 2. The van der Waals surface area contributed by atoms with Gasteiger partial charge in [-0.3, -0.25) is 9.59 Å². The summed E-state index contributed by atoms with van der Waals surface area (Å²) in [6.45, 7) is 0.629. The van der Waals surface area contributed by atoms with E-state index < -0.39 is 0 Å². The Labute approximate surface area is 123 Å². The number of hydrogen-bond donors (Lipinski definition) is 2. The minimum atomic E-state index is -0.219. The van der Waals surface area contributed by atoms with Gasteiger partial charge in [0, 0.05) is 36.6 Å². The highest BCUT2D eigenvalue weighted by molar-refractivity contribution is 5.96. The topological polar surface area (TPSA) is 77.8 Å². The molecule has 1 aromatic rings. The Morgan fingerprint density at radius 1 is 1.10 bits per heavy atom. The van der Waals surface area contributed by atoms with Crippen LogP contribution >= 0.6 is 0 Å². The second-order valence-corrected chi connectivity index (χ2v) is 5.91. The van der Waals surface area contributed by atoms with Gasteiger partial charge in [0.2, 0.25) is 0 Å². The lowest BCUT2D eigenvalue weighted by Crippen LogP contribution is -2.41. The normalized spacial score (nSPS) is 25.5. The Bertz CT molecular complexity index is 563. The van der Waals surface area contributed by atoms with E-state index in [0.717, 1.165) is 25.7 Å². The van der Waals surface area contributed by atoms with Crippen LogP contribution in [0.2, 0.25) is 0 Å². The van der Waals surface area contributed by atoms with Crippen LogP contribution in [0, 0.1) is 5.92 Å². The van der Waals surface area contributed by atoms with Gasteiger partial charge in [-0.25, -0.2) is 0 Å². The maximum atomic E-state index is 12.6. The Kier molecular flexibility index (Phi) is 3.57. The third kappa shape index (κ3) is 2.60. The molecule has 1 aliphatic carbocycles. The van der Waals surface area contributed by atoms with Crippen LogP contribution in [0.3, 0.4) is 0 Å². The highest BCUT2D eigenvalue weighted by atomic mass is 16.3. The minimum Gasteiger partial charge on any atom is -0.508 e. The first kappa shape index (κ1) is 13.9. The SMILES string of the molecule is O=C1CCCC1C1CCCN1C(=O)c1cc(O)cc(O)c1. The predicted molar refractivity (Wildman–Crippen MR) is 76.2 cm³/mol. The molecule has 0 radical (unpaired) electrons. The molecule has 2 N–H and O–H groups in total. The van der Waals surface area contributed by atoms with Crippen LogP contribution in [-0.4, -0.2) is 39.4 Å². The van der Waals surface area contributed by atoms with E-state index >= 15 is 0 Å². The Balaban J connectivity index is 1.84. The van der Waals surface area contributed by atoms with Gasteiger partial charge in [0.05, 0.1) is 0 Å². The summed E-state index contributed by atoms with van der Waals surface area (Å²) < 4.78 is 0. The van der Waals surface area contributed by atoms with Crippen molar-refractivity contribution < 1.29 is 19.8 Å². The summed E-state index contributed by atoms with van der Waals surface area (Å²) in [4.78, 5) is 26.3. The third-order valence-electron chi connectivity index (χ3n) is 4.53. The van der Waals surface area contributed by atoms with Crippen molar-refractivity contribution in [2.24, 2.45) is 5.92 Å². The molecule has 1 heterocycles. The molecule has 112 valence electrons. The van der Waals surface area contributed by atoms with Gasteiger partial charge in [-0.15, -0.1) is 0 Å². The van der Waals surface area contributed by atoms with E-state index in [4.69, 9.17) is 0 Å². The average molecular weight is 289 g/mol. The van der Waals surface area contributed by atoms with Crippen LogP contribution in [0.5, 0.6) is 11.5 Å². The number of amides is 1. The van der Waals surface area contributed by atoms with Gasteiger partial charge in [0.1, 0.15) is 17.3 Å². The second-order valence-electron chi connectivity index (χ2n) is 5.91. The number of hydrogen-bond acceptors (Lipinski definition) is 4. The summed E-state index contributed by atoms with van der Waals surface area (Å²) in [6.07, 6.45) is 4.14. The zero-order valence-corrected chi connectivity index (χ0v) is 11.8. The van der Waals surface area contributed by atoms with Crippen LogP contribution in [-0.2, 0) is 4.79 Å². The molecule has 21 heavy (non-hydrogen) atoms. The largest absolute Gasteiger partial charge is 0.508 e. The number of Topliss-reactive ketones (excluding diaryl/α,β-unsaturated/α-hetero) is 1. The first-order valence-electron chi connectivity index (χ1n) is 7.43. The van der Waals surface area contributed by atoms with E-state index in [-0.39, 0.29) is 40.7 Å². The summed E-state index contributed by atoms with van der Waals surface area (Å²) in [5, 5.41) is 19.0. The Morgan fingerprint density at radius 3 is 2.43 bits per heavy atom. The van der Waals surface area contributed by atoms with Gasteiger partial charge < -0.3 is 15.1 Å². The molecule has 0 bridgehead atoms. The molecule has 0 spiro atoms. The molecule has 2 atom stereocenters. The van der Waals surface area contributed by atoms with Gasteiger partial charge in [-0.1, -0.05) is 0 Å². The average Bonchev–Trinajstić information content (AvgIpc) is 3.04. The van der Waals surface area contributed by atoms with Crippen LogP contribution in [0.1, 0.15) is 42.5 Å². The van der Waals surface area contributed by atoms with E-state index in [1.165, 1.54) is 18.2 Å². The van der Waals surface area contributed by atoms with Crippen LogP contribution in [0.4, 0.5) is 0 Å². The fourth-order valence-corrected chi connectivity index (χ4v) is 3.60. The number of carbonyl (C=O) groups excluding carboxylic acids is 2.